The molecule has 2 fully saturated rings. The van der Waals surface area contributed by atoms with Crippen molar-refractivity contribution in [1.82, 2.24) is 10.2 Å². The molecule has 114 valence electrons. The first-order valence-corrected chi connectivity index (χ1v) is 8.08. The highest BCUT2D eigenvalue weighted by atomic mass is 79.9. The van der Waals surface area contributed by atoms with Crippen LogP contribution in [0.1, 0.15) is 6.42 Å². The summed E-state index contributed by atoms with van der Waals surface area (Å²) in [6, 6.07) is 5.78. The van der Waals surface area contributed by atoms with Crippen LogP contribution in [0.5, 0.6) is 0 Å². The summed E-state index contributed by atoms with van der Waals surface area (Å²) in [5.41, 5.74) is 0.910. The Bertz CT molecular complexity index is 526. The van der Waals surface area contributed by atoms with Crippen LogP contribution in [0.2, 0.25) is 0 Å². The van der Waals surface area contributed by atoms with Crippen molar-refractivity contribution in [3.63, 3.8) is 0 Å². The monoisotopic (exact) mass is 354 g/mol. The minimum atomic E-state index is -0.297. The highest BCUT2D eigenvalue weighted by Gasteiger charge is 2.28. The van der Waals surface area contributed by atoms with Gasteiger partial charge in [0.05, 0.1) is 4.92 Å². The zero-order valence-corrected chi connectivity index (χ0v) is 13.4. The molecule has 3 rings (SSSR count). The first kappa shape index (κ1) is 14.7. The summed E-state index contributed by atoms with van der Waals surface area (Å²) < 4.78 is 0.880. The van der Waals surface area contributed by atoms with Gasteiger partial charge in [0.15, 0.2) is 0 Å². The van der Waals surface area contributed by atoms with Gasteiger partial charge in [-0.25, -0.2) is 0 Å². The largest absolute Gasteiger partial charge is 0.363 e. The van der Waals surface area contributed by atoms with Crippen molar-refractivity contribution in [3.8, 4) is 0 Å². The van der Waals surface area contributed by atoms with Crippen molar-refractivity contribution in [3.05, 3.63) is 32.8 Å². The van der Waals surface area contributed by atoms with Gasteiger partial charge in [-0.2, -0.15) is 0 Å². The number of nitrogens with one attached hydrogen (secondary N) is 1. The average Bonchev–Trinajstić information content (AvgIpc) is 3.01. The van der Waals surface area contributed by atoms with Crippen LogP contribution >= 0.6 is 15.9 Å². The molecule has 0 aliphatic carbocycles. The normalized spacial score (nSPS) is 23.5. The van der Waals surface area contributed by atoms with Crippen LogP contribution in [-0.4, -0.2) is 55.1 Å². The van der Waals surface area contributed by atoms with Crippen molar-refractivity contribution in [2.75, 3.05) is 44.2 Å². The third kappa shape index (κ3) is 3.20. The van der Waals surface area contributed by atoms with Gasteiger partial charge in [0.25, 0.3) is 5.69 Å². The summed E-state index contributed by atoms with van der Waals surface area (Å²) in [7, 11) is 0. The molecule has 6 nitrogen and oxygen atoms in total. The van der Waals surface area contributed by atoms with E-state index in [1.807, 2.05) is 6.07 Å². The lowest BCUT2D eigenvalue weighted by molar-refractivity contribution is -0.384. The van der Waals surface area contributed by atoms with Crippen LogP contribution in [0.15, 0.2) is 22.7 Å². The zero-order valence-electron chi connectivity index (χ0n) is 11.8. The topological polar surface area (TPSA) is 61.7 Å². The van der Waals surface area contributed by atoms with Crippen LogP contribution < -0.4 is 10.2 Å². The quantitative estimate of drug-likeness (QED) is 0.662. The number of halogens is 1. The predicted molar refractivity (Wildman–Crippen MR) is 85.9 cm³/mol. The van der Waals surface area contributed by atoms with Gasteiger partial charge in [0.1, 0.15) is 5.69 Å². The van der Waals surface area contributed by atoms with Crippen LogP contribution in [-0.2, 0) is 0 Å². The Labute approximate surface area is 132 Å². The number of nitrogens with zero attached hydrogens (tertiary/aromatic N) is 3. The smallest absolute Gasteiger partial charge is 0.292 e. The van der Waals surface area contributed by atoms with Gasteiger partial charge in [-0.05, 0) is 25.1 Å². The molecule has 2 saturated heterocycles. The number of nitro groups is 1. The van der Waals surface area contributed by atoms with E-state index in [0.717, 1.165) is 49.4 Å². The number of nitro benzene ring substituents is 1. The Morgan fingerprint density at radius 3 is 2.67 bits per heavy atom. The first-order valence-electron chi connectivity index (χ1n) is 7.29. The molecule has 21 heavy (non-hydrogen) atoms. The second-order valence-electron chi connectivity index (χ2n) is 5.56. The second-order valence-corrected chi connectivity index (χ2v) is 6.48. The predicted octanol–water partition coefficient (Wildman–Crippen LogP) is 1.84. The molecule has 7 heteroatoms. The molecular weight excluding hydrogens is 336 g/mol. The molecule has 0 radical (unpaired) electrons. The minimum absolute atomic E-state index is 0.189. The van der Waals surface area contributed by atoms with Crippen molar-refractivity contribution in [1.29, 1.82) is 0 Å². The number of hydrogen-bond donors (Lipinski definition) is 1. The fourth-order valence-electron chi connectivity index (χ4n) is 3.18. The lowest BCUT2D eigenvalue weighted by Gasteiger charge is -2.38. The molecule has 0 spiro atoms. The number of piperazine rings is 1. The van der Waals surface area contributed by atoms with Gasteiger partial charge < -0.3 is 10.2 Å². The third-order valence-corrected chi connectivity index (χ3v) is 4.83. The Morgan fingerprint density at radius 1 is 1.29 bits per heavy atom. The fourth-order valence-corrected chi connectivity index (χ4v) is 3.53. The molecule has 1 N–H and O–H groups in total. The van der Waals surface area contributed by atoms with E-state index in [1.165, 1.54) is 6.42 Å². The van der Waals surface area contributed by atoms with Gasteiger partial charge in [-0.15, -0.1) is 0 Å². The molecule has 1 unspecified atom stereocenters. The molecule has 2 aliphatic rings. The number of rotatable bonds is 3. The molecule has 0 bridgehead atoms. The van der Waals surface area contributed by atoms with Gasteiger partial charge in [0.2, 0.25) is 0 Å². The molecule has 0 amide bonds. The van der Waals surface area contributed by atoms with E-state index in [4.69, 9.17) is 0 Å². The van der Waals surface area contributed by atoms with Crippen molar-refractivity contribution in [2.24, 2.45) is 0 Å². The maximum absolute atomic E-state index is 11.2. The fraction of sp³-hybridized carbons (Fsp3) is 0.571. The van der Waals surface area contributed by atoms with Gasteiger partial charge in [0, 0.05) is 49.3 Å². The molecule has 2 aliphatic heterocycles. The molecule has 1 aromatic rings. The Kier molecular flexibility index (Phi) is 4.42. The summed E-state index contributed by atoms with van der Waals surface area (Å²) in [6.07, 6.45) is 1.21. The van der Waals surface area contributed by atoms with Crippen LogP contribution in [0.3, 0.4) is 0 Å². The maximum atomic E-state index is 11.2. The number of benzene rings is 1. The van der Waals surface area contributed by atoms with Crippen molar-refractivity contribution in [2.45, 2.75) is 12.5 Å². The van der Waals surface area contributed by atoms with Crippen LogP contribution in [0.4, 0.5) is 11.4 Å². The molecule has 0 aromatic heterocycles. The van der Waals surface area contributed by atoms with E-state index in [9.17, 15) is 10.1 Å². The SMILES string of the molecule is O=[N+]([O-])c1ccc(Br)cc1N1CCN(C2CCNC2)CC1. The summed E-state index contributed by atoms with van der Waals surface area (Å²) in [6.45, 7) is 5.78. The molecule has 0 saturated carbocycles. The highest BCUT2D eigenvalue weighted by molar-refractivity contribution is 9.10. The Balaban J connectivity index is 1.71. The van der Waals surface area contributed by atoms with Gasteiger partial charge >= 0.3 is 0 Å². The molecular formula is C14H19BrN4O2. The van der Waals surface area contributed by atoms with Crippen LogP contribution in [0, 0.1) is 10.1 Å². The molecule has 1 atom stereocenters. The van der Waals surface area contributed by atoms with Crippen molar-refractivity contribution >= 4 is 27.3 Å². The standard InChI is InChI=1S/C14H19BrN4O2/c15-11-1-2-13(19(20)21)14(9-11)18-7-5-17(6-8-18)12-3-4-16-10-12/h1-2,9,12,16H,3-8,10H2. The highest BCUT2D eigenvalue weighted by Crippen LogP contribution is 2.32. The maximum Gasteiger partial charge on any atom is 0.292 e. The molecule has 2 heterocycles. The van der Waals surface area contributed by atoms with Crippen molar-refractivity contribution < 1.29 is 4.92 Å². The van der Waals surface area contributed by atoms with E-state index in [-0.39, 0.29) is 10.6 Å². The van der Waals surface area contributed by atoms with E-state index < -0.39 is 0 Å². The summed E-state index contributed by atoms with van der Waals surface area (Å²) in [5.74, 6) is 0. The first-order chi connectivity index (χ1) is 10.1. The summed E-state index contributed by atoms with van der Waals surface area (Å²) >= 11 is 3.41. The van der Waals surface area contributed by atoms with Gasteiger partial charge in [-0.3, -0.25) is 15.0 Å². The Hall–Kier alpha value is -1.18. The number of hydrogen-bond acceptors (Lipinski definition) is 5. The second kappa shape index (κ2) is 6.29. The summed E-state index contributed by atoms with van der Waals surface area (Å²) in [5, 5.41) is 14.6. The van der Waals surface area contributed by atoms with Gasteiger partial charge in [-0.1, -0.05) is 15.9 Å². The lowest BCUT2D eigenvalue weighted by Crippen LogP contribution is -2.51. The van der Waals surface area contributed by atoms with E-state index in [1.54, 1.807) is 12.1 Å². The van der Waals surface area contributed by atoms with Crippen LogP contribution in [0.25, 0.3) is 0 Å². The number of anilines is 1. The Morgan fingerprint density at radius 2 is 2.05 bits per heavy atom. The third-order valence-electron chi connectivity index (χ3n) is 4.34. The zero-order chi connectivity index (χ0) is 14.8. The molecule has 1 aromatic carbocycles. The van der Waals surface area contributed by atoms with E-state index >= 15 is 0 Å². The van der Waals surface area contributed by atoms with E-state index in [0.29, 0.717) is 6.04 Å². The lowest BCUT2D eigenvalue weighted by atomic mass is 10.1. The minimum Gasteiger partial charge on any atom is -0.363 e. The van der Waals surface area contributed by atoms with E-state index in [2.05, 4.69) is 31.0 Å². The average molecular weight is 355 g/mol. The summed E-state index contributed by atoms with van der Waals surface area (Å²) in [4.78, 5) is 15.5.